The fourth-order valence-electron chi connectivity index (χ4n) is 3.86. The summed E-state index contributed by atoms with van der Waals surface area (Å²) in [6.07, 6.45) is 5.93. The normalized spacial score (nSPS) is 16.1. The molecule has 178 valence electrons. The lowest BCUT2D eigenvalue weighted by atomic mass is 10.1. The summed E-state index contributed by atoms with van der Waals surface area (Å²) in [5, 5.41) is 3.00. The number of aromatic nitrogens is 2. The Morgan fingerprint density at radius 3 is 2.65 bits per heavy atom. The van der Waals surface area contributed by atoms with E-state index in [0.29, 0.717) is 36.6 Å². The second kappa shape index (κ2) is 10.2. The van der Waals surface area contributed by atoms with Gasteiger partial charge in [-0.05, 0) is 42.7 Å². The molecule has 0 unspecified atom stereocenters. The summed E-state index contributed by atoms with van der Waals surface area (Å²) in [5.41, 5.74) is 1.34. The van der Waals surface area contributed by atoms with Crippen LogP contribution in [0.3, 0.4) is 0 Å². The van der Waals surface area contributed by atoms with E-state index in [9.17, 15) is 17.6 Å². The van der Waals surface area contributed by atoms with Gasteiger partial charge in [0.15, 0.2) is 0 Å². The van der Waals surface area contributed by atoms with Gasteiger partial charge < -0.3 is 9.88 Å². The number of hydrogen-bond donors (Lipinski definition) is 2. The average Bonchev–Trinajstić information content (AvgIpc) is 3.35. The van der Waals surface area contributed by atoms with Crippen molar-refractivity contribution in [3.63, 3.8) is 0 Å². The first-order chi connectivity index (χ1) is 16.3. The Bertz CT molecular complexity index is 1300. The molecule has 2 heterocycles. The molecule has 4 rings (SSSR count). The number of sulfonamides is 1. The molecule has 2 N–H and O–H groups in total. The number of nitrogens with one attached hydrogen (secondary N) is 2. The minimum Gasteiger partial charge on any atom is -0.342 e. The maximum Gasteiger partial charge on any atom is 0.263 e. The predicted molar refractivity (Wildman–Crippen MR) is 126 cm³/mol. The third-order valence-electron chi connectivity index (χ3n) is 5.62. The molecule has 0 aliphatic carbocycles. The van der Waals surface area contributed by atoms with E-state index in [-0.39, 0.29) is 16.6 Å². The van der Waals surface area contributed by atoms with Gasteiger partial charge >= 0.3 is 0 Å². The zero-order valence-corrected chi connectivity index (χ0v) is 19.6. The average molecular weight is 484 g/mol. The molecule has 0 radical (unpaired) electrons. The van der Waals surface area contributed by atoms with Gasteiger partial charge in [0.2, 0.25) is 5.91 Å². The third-order valence-corrected chi connectivity index (χ3v) is 7.02. The minimum absolute atomic E-state index is 0.124. The number of carbonyl (C=O) groups is 1. The molecule has 10 heteroatoms. The molecule has 0 saturated heterocycles. The number of aliphatic imine (C=N–C) groups is 1. The number of aryl methyl sites for hydroxylation is 1. The number of halogens is 1. The van der Waals surface area contributed by atoms with Crippen molar-refractivity contribution in [1.82, 2.24) is 19.6 Å². The van der Waals surface area contributed by atoms with Gasteiger partial charge in [-0.15, -0.1) is 0 Å². The Morgan fingerprint density at radius 2 is 1.91 bits per heavy atom. The van der Waals surface area contributed by atoms with Crippen molar-refractivity contribution in [3.05, 3.63) is 83.7 Å². The summed E-state index contributed by atoms with van der Waals surface area (Å²) >= 11 is 0. The van der Waals surface area contributed by atoms with E-state index in [0.717, 1.165) is 18.4 Å². The summed E-state index contributed by atoms with van der Waals surface area (Å²) in [6.45, 7) is 0.458. The van der Waals surface area contributed by atoms with E-state index < -0.39 is 16.1 Å². The highest BCUT2D eigenvalue weighted by Crippen LogP contribution is 2.23. The van der Waals surface area contributed by atoms with Gasteiger partial charge in [0.1, 0.15) is 23.5 Å². The summed E-state index contributed by atoms with van der Waals surface area (Å²) < 4.78 is 41.9. The highest BCUT2D eigenvalue weighted by molar-refractivity contribution is 7.90. The van der Waals surface area contributed by atoms with Crippen molar-refractivity contribution in [2.75, 3.05) is 6.54 Å². The number of nitrogens with zero attached hydrogens (tertiary/aromatic N) is 3. The Balaban J connectivity index is 1.28. The number of imidazole rings is 1. The van der Waals surface area contributed by atoms with E-state index in [1.165, 1.54) is 12.1 Å². The first-order valence-electron chi connectivity index (χ1n) is 11.0. The highest BCUT2D eigenvalue weighted by Gasteiger charge is 2.29. The molecule has 1 aliphatic heterocycles. The van der Waals surface area contributed by atoms with E-state index >= 15 is 0 Å². The zero-order chi connectivity index (χ0) is 24.1. The molecular weight excluding hydrogens is 457 g/mol. The van der Waals surface area contributed by atoms with Gasteiger partial charge in [-0.2, -0.15) is 0 Å². The molecule has 0 bridgehead atoms. The smallest absolute Gasteiger partial charge is 0.263 e. The summed E-state index contributed by atoms with van der Waals surface area (Å²) in [4.78, 5) is 21.6. The van der Waals surface area contributed by atoms with Crippen LogP contribution in [0.4, 0.5) is 4.39 Å². The number of rotatable bonds is 9. The van der Waals surface area contributed by atoms with Gasteiger partial charge in [0.25, 0.3) is 10.0 Å². The molecule has 1 aliphatic rings. The fraction of sp³-hybridized carbons (Fsp3) is 0.292. The van der Waals surface area contributed by atoms with Crippen LogP contribution in [-0.2, 0) is 21.9 Å². The molecular formula is C24H26FN5O3S. The number of amidine groups is 1. The summed E-state index contributed by atoms with van der Waals surface area (Å²) in [5.74, 6) is 0.563. The lowest BCUT2D eigenvalue weighted by Crippen LogP contribution is -2.30. The van der Waals surface area contributed by atoms with Crippen molar-refractivity contribution in [2.24, 2.45) is 12.0 Å². The van der Waals surface area contributed by atoms with E-state index in [1.54, 1.807) is 48.8 Å². The van der Waals surface area contributed by atoms with Crippen molar-refractivity contribution >= 4 is 21.8 Å². The second-order valence-electron chi connectivity index (χ2n) is 8.09. The molecule has 34 heavy (non-hydrogen) atoms. The van der Waals surface area contributed by atoms with E-state index in [4.69, 9.17) is 0 Å². The molecule has 1 atom stereocenters. The lowest BCUT2D eigenvalue weighted by molar-refractivity contribution is -0.121. The number of carbonyl (C=O) groups excluding carboxylic acids is 1. The molecule has 1 amide bonds. The lowest BCUT2D eigenvalue weighted by Gasteiger charge is -2.19. The van der Waals surface area contributed by atoms with Gasteiger partial charge in [-0.25, -0.2) is 17.8 Å². The molecule has 1 aromatic heterocycles. The Morgan fingerprint density at radius 1 is 1.15 bits per heavy atom. The summed E-state index contributed by atoms with van der Waals surface area (Å²) in [7, 11) is -1.69. The Kier molecular flexibility index (Phi) is 7.06. The number of benzene rings is 2. The van der Waals surface area contributed by atoms with Crippen LogP contribution in [-0.4, -0.2) is 36.3 Å². The standard InChI is InChI=1S/C24H26FN5O3S/c1-30-16-15-27-24(30)22(17-10-12-18(25)13-11-17)28-21(31)9-3-2-6-14-26-23-19-7-4-5-8-20(19)34(32,33)29-23/h4-5,7-8,10-13,15-16,22H,2-3,6,9,14H2,1H3,(H,26,29)(H,28,31)/t22-/m1/s1. The third kappa shape index (κ3) is 5.33. The zero-order valence-electron chi connectivity index (χ0n) is 18.7. The minimum atomic E-state index is -3.53. The number of amides is 1. The fourth-order valence-corrected chi connectivity index (χ4v) is 5.11. The van der Waals surface area contributed by atoms with Crippen molar-refractivity contribution in [2.45, 2.75) is 36.6 Å². The molecule has 0 saturated carbocycles. The molecule has 2 aromatic carbocycles. The predicted octanol–water partition coefficient (Wildman–Crippen LogP) is 3.06. The van der Waals surface area contributed by atoms with Crippen LogP contribution in [0.5, 0.6) is 0 Å². The molecule has 0 fully saturated rings. The number of hydrogen-bond acceptors (Lipinski definition) is 5. The van der Waals surface area contributed by atoms with Gasteiger partial charge in [-0.1, -0.05) is 30.7 Å². The van der Waals surface area contributed by atoms with Crippen LogP contribution in [0.1, 0.15) is 48.7 Å². The van der Waals surface area contributed by atoms with Gasteiger partial charge in [-0.3, -0.25) is 14.5 Å². The maximum absolute atomic E-state index is 13.4. The quantitative estimate of drug-likeness (QED) is 0.456. The van der Waals surface area contributed by atoms with Crippen LogP contribution in [0.2, 0.25) is 0 Å². The Labute approximate surface area is 198 Å². The van der Waals surface area contributed by atoms with Crippen molar-refractivity contribution < 1.29 is 17.6 Å². The maximum atomic E-state index is 13.4. The second-order valence-corrected chi connectivity index (χ2v) is 9.74. The van der Waals surface area contributed by atoms with Crippen LogP contribution < -0.4 is 10.0 Å². The number of fused-ring (bicyclic) bond motifs is 1. The van der Waals surface area contributed by atoms with Gasteiger partial charge in [0, 0.05) is 38.0 Å². The molecule has 8 nitrogen and oxygen atoms in total. The molecule has 0 spiro atoms. The van der Waals surface area contributed by atoms with Crippen LogP contribution >= 0.6 is 0 Å². The van der Waals surface area contributed by atoms with Crippen molar-refractivity contribution in [1.29, 1.82) is 0 Å². The van der Waals surface area contributed by atoms with Crippen LogP contribution in [0.25, 0.3) is 0 Å². The largest absolute Gasteiger partial charge is 0.342 e. The Hall–Kier alpha value is -3.53. The SMILES string of the molecule is Cn1ccnc1[C@H](NC(=O)CCCCCN=C1NS(=O)(=O)c2ccccc21)c1ccc(F)cc1. The molecule has 3 aromatic rings. The first-order valence-corrected chi connectivity index (χ1v) is 12.5. The monoisotopic (exact) mass is 483 g/mol. The van der Waals surface area contributed by atoms with E-state index in [2.05, 4.69) is 20.0 Å². The first kappa shape index (κ1) is 23.6. The summed E-state index contributed by atoms with van der Waals surface area (Å²) in [6, 6.07) is 12.3. The van der Waals surface area contributed by atoms with Crippen LogP contribution in [0.15, 0.2) is 70.8 Å². The van der Waals surface area contributed by atoms with Gasteiger partial charge in [0.05, 0.1) is 4.90 Å². The van der Waals surface area contributed by atoms with E-state index in [1.807, 2.05) is 11.6 Å². The highest BCUT2D eigenvalue weighted by atomic mass is 32.2. The topological polar surface area (TPSA) is 105 Å². The van der Waals surface area contributed by atoms with Crippen molar-refractivity contribution in [3.8, 4) is 0 Å². The number of unbranched alkanes of at least 4 members (excludes halogenated alkanes) is 2. The van der Waals surface area contributed by atoms with Crippen LogP contribution in [0, 0.1) is 5.82 Å².